The van der Waals surface area contributed by atoms with E-state index in [1.54, 1.807) is 41.2 Å². The number of hydrogen-bond acceptors (Lipinski definition) is 6. The summed E-state index contributed by atoms with van der Waals surface area (Å²) in [5, 5.41) is 5.21. The molecule has 3 aromatic heterocycles. The van der Waals surface area contributed by atoms with Gasteiger partial charge in [0, 0.05) is 41.7 Å². The first kappa shape index (κ1) is 30.4. The van der Waals surface area contributed by atoms with Crippen LogP contribution >= 0.6 is 11.6 Å². The van der Waals surface area contributed by atoms with Crippen LogP contribution in [0.3, 0.4) is 0 Å². The maximum absolute atomic E-state index is 13.9. The lowest BCUT2D eigenvalue weighted by molar-refractivity contribution is -0.137. The monoisotopic (exact) mass is 635 g/mol. The van der Waals surface area contributed by atoms with E-state index in [2.05, 4.69) is 4.98 Å². The van der Waals surface area contributed by atoms with Gasteiger partial charge in [0.1, 0.15) is 11.5 Å². The highest BCUT2D eigenvalue weighted by molar-refractivity contribution is 6.32. The molecule has 0 aliphatic heterocycles. The first-order chi connectivity index (χ1) is 21.7. The number of nitrogens with zero attached hydrogens (tertiary/aromatic N) is 5. The summed E-state index contributed by atoms with van der Waals surface area (Å²) in [5.74, 6) is 1.51. The van der Waals surface area contributed by atoms with Crippen molar-refractivity contribution in [1.82, 2.24) is 24.6 Å². The van der Waals surface area contributed by atoms with E-state index in [1.165, 1.54) is 24.3 Å². The van der Waals surface area contributed by atoms with Crippen LogP contribution in [0, 0.1) is 0 Å². The number of rotatable bonds is 9. The zero-order valence-corrected chi connectivity index (χ0v) is 25.1. The van der Waals surface area contributed by atoms with E-state index >= 15 is 0 Å². The minimum Gasteiger partial charge on any atom is -0.495 e. The lowest BCUT2D eigenvalue weighted by Gasteiger charge is -2.28. The van der Waals surface area contributed by atoms with Gasteiger partial charge in [0.15, 0.2) is 17.4 Å². The quantitative estimate of drug-likeness (QED) is 0.163. The molecule has 6 rings (SSSR count). The van der Waals surface area contributed by atoms with E-state index < -0.39 is 11.7 Å². The van der Waals surface area contributed by atoms with Gasteiger partial charge in [-0.3, -0.25) is 9.78 Å². The molecule has 45 heavy (non-hydrogen) atoms. The predicted octanol–water partition coefficient (Wildman–Crippen LogP) is 8.03. The average Bonchev–Trinajstić information content (AvgIpc) is 3.83. The van der Waals surface area contributed by atoms with Crippen LogP contribution < -0.4 is 4.74 Å². The number of halogens is 4. The Bertz CT molecular complexity index is 1800. The Hall–Kier alpha value is -4.64. The van der Waals surface area contributed by atoms with Crippen molar-refractivity contribution < 1.29 is 27.1 Å². The van der Waals surface area contributed by atoms with Gasteiger partial charge in [-0.2, -0.15) is 18.3 Å². The molecule has 232 valence electrons. The van der Waals surface area contributed by atoms with Crippen LogP contribution in [-0.4, -0.2) is 50.3 Å². The summed E-state index contributed by atoms with van der Waals surface area (Å²) in [6.07, 6.45) is 2.51. The molecule has 1 fully saturated rings. The number of methoxy groups -OCH3 is 1. The van der Waals surface area contributed by atoms with E-state index in [1.807, 2.05) is 18.2 Å². The number of pyridine rings is 1. The first-order valence-electron chi connectivity index (χ1n) is 14.5. The van der Waals surface area contributed by atoms with Gasteiger partial charge in [0.25, 0.3) is 5.91 Å². The molecule has 5 aromatic rings. The van der Waals surface area contributed by atoms with Crippen molar-refractivity contribution in [2.45, 2.75) is 44.4 Å². The van der Waals surface area contributed by atoms with Crippen LogP contribution in [0.5, 0.6) is 5.75 Å². The zero-order valence-electron chi connectivity index (χ0n) is 24.3. The Morgan fingerprint density at radius 3 is 2.51 bits per heavy atom. The van der Waals surface area contributed by atoms with E-state index in [9.17, 15) is 18.0 Å². The molecule has 2 aromatic carbocycles. The molecule has 0 N–H and O–H groups in total. The van der Waals surface area contributed by atoms with Crippen LogP contribution in [0.1, 0.15) is 41.8 Å². The van der Waals surface area contributed by atoms with Crippen LogP contribution in [0.25, 0.3) is 34.1 Å². The lowest BCUT2D eigenvalue weighted by Crippen LogP contribution is -2.41. The Kier molecular flexibility index (Phi) is 8.62. The molecule has 0 spiro atoms. The molecule has 0 radical (unpaired) electrons. The number of aromatic nitrogens is 4. The van der Waals surface area contributed by atoms with Gasteiger partial charge in [-0.15, -0.1) is 0 Å². The number of furan rings is 1. The molecular formula is C33H29ClF3N5O3. The van der Waals surface area contributed by atoms with Crippen molar-refractivity contribution in [3.8, 4) is 39.8 Å². The number of amides is 1. The summed E-state index contributed by atoms with van der Waals surface area (Å²) in [6.45, 7) is 0.625. The van der Waals surface area contributed by atoms with Crippen molar-refractivity contribution in [3.05, 3.63) is 95.5 Å². The Labute approximate surface area is 262 Å². The van der Waals surface area contributed by atoms with Crippen molar-refractivity contribution in [2.24, 2.45) is 0 Å². The zero-order chi connectivity index (χ0) is 31.6. The number of benzene rings is 2. The Morgan fingerprint density at radius 2 is 1.80 bits per heavy atom. The molecule has 3 heterocycles. The van der Waals surface area contributed by atoms with Gasteiger partial charge >= 0.3 is 6.18 Å². The summed E-state index contributed by atoms with van der Waals surface area (Å²) < 4.78 is 52.8. The largest absolute Gasteiger partial charge is 0.495 e. The number of carbonyl (C=O) groups excluding carboxylic acids is 1. The second-order valence-corrected chi connectivity index (χ2v) is 11.2. The highest BCUT2D eigenvalue weighted by Gasteiger charge is 2.32. The third-order valence-corrected chi connectivity index (χ3v) is 8.19. The normalized spacial score (nSPS) is 13.7. The van der Waals surface area contributed by atoms with Crippen LogP contribution in [0.15, 0.2) is 83.5 Å². The van der Waals surface area contributed by atoms with Crippen LogP contribution in [0.4, 0.5) is 13.2 Å². The molecule has 0 atom stereocenters. The van der Waals surface area contributed by atoms with E-state index in [4.69, 9.17) is 30.8 Å². The van der Waals surface area contributed by atoms with Gasteiger partial charge in [-0.25, -0.2) is 9.67 Å². The minimum absolute atomic E-state index is 0.0123. The van der Waals surface area contributed by atoms with Gasteiger partial charge in [-0.1, -0.05) is 36.6 Å². The lowest BCUT2D eigenvalue weighted by atomic mass is 10.1. The van der Waals surface area contributed by atoms with Crippen molar-refractivity contribution >= 4 is 17.5 Å². The van der Waals surface area contributed by atoms with Gasteiger partial charge in [0.05, 0.1) is 24.2 Å². The Balaban J connectivity index is 1.29. The smallest absolute Gasteiger partial charge is 0.416 e. The van der Waals surface area contributed by atoms with E-state index in [0.717, 1.165) is 48.9 Å². The van der Waals surface area contributed by atoms with E-state index in [-0.39, 0.29) is 29.0 Å². The summed E-state index contributed by atoms with van der Waals surface area (Å²) in [7, 11) is 1.54. The van der Waals surface area contributed by atoms with Gasteiger partial charge in [0.2, 0.25) is 0 Å². The third-order valence-electron chi connectivity index (χ3n) is 7.89. The van der Waals surface area contributed by atoms with Crippen molar-refractivity contribution in [3.63, 3.8) is 0 Å². The summed E-state index contributed by atoms with van der Waals surface area (Å²) in [6, 6.07) is 16.9. The van der Waals surface area contributed by atoms with Crippen LogP contribution in [-0.2, 0) is 12.7 Å². The van der Waals surface area contributed by atoms with E-state index in [0.29, 0.717) is 35.5 Å². The highest BCUT2D eigenvalue weighted by atomic mass is 35.5. The second kappa shape index (κ2) is 12.8. The number of carbonyl (C=O) groups is 1. The fourth-order valence-corrected chi connectivity index (χ4v) is 5.86. The SMILES string of the molecule is COc1ccc(-c2nc(-c3ccncc3)nn2CCN(C(=O)c2ccc(-c3cccc(C(F)(F)F)c3)o2)C2CCCC2)cc1Cl. The number of ether oxygens (including phenoxy) is 1. The number of hydrogen-bond donors (Lipinski definition) is 0. The highest BCUT2D eigenvalue weighted by Crippen LogP contribution is 2.34. The molecule has 1 aliphatic rings. The third kappa shape index (κ3) is 6.58. The molecular weight excluding hydrogens is 607 g/mol. The molecule has 1 aliphatic carbocycles. The van der Waals surface area contributed by atoms with Gasteiger partial charge in [-0.05, 0) is 67.4 Å². The maximum Gasteiger partial charge on any atom is 0.416 e. The van der Waals surface area contributed by atoms with Gasteiger partial charge < -0.3 is 14.1 Å². The second-order valence-electron chi connectivity index (χ2n) is 10.7. The fraction of sp³-hybridized carbons (Fsp3) is 0.273. The predicted molar refractivity (Wildman–Crippen MR) is 163 cm³/mol. The van der Waals surface area contributed by atoms with Crippen molar-refractivity contribution in [1.29, 1.82) is 0 Å². The molecule has 0 bridgehead atoms. The Morgan fingerprint density at radius 1 is 1.02 bits per heavy atom. The molecule has 1 amide bonds. The number of alkyl halides is 3. The standard InChI is InChI=1S/C33H29ClF3N5O3/c1-44-28-10-9-23(20-26(28)34)31-39-30(21-13-15-38-16-14-21)40-42(31)18-17-41(25-7-2-3-8-25)32(43)29-12-11-27(45-29)22-5-4-6-24(19-22)33(35,36)37/h4-6,9-16,19-20,25H,2-3,7-8,17-18H2,1H3. The molecule has 1 saturated carbocycles. The average molecular weight is 636 g/mol. The first-order valence-corrected chi connectivity index (χ1v) is 14.9. The molecule has 8 nitrogen and oxygen atoms in total. The minimum atomic E-state index is -4.49. The summed E-state index contributed by atoms with van der Waals surface area (Å²) in [4.78, 5) is 24.6. The molecule has 0 saturated heterocycles. The molecule has 12 heteroatoms. The van der Waals surface area contributed by atoms with Crippen LogP contribution in [0.2, 0.25) is 5.02 Å². The van der Waals surface area contributed by atoms with Crippen molar-refractivity contribution in [2.75, 3.05) is 13.7 Å². The molecule has 0 unspecified atom stereocenters. The summed E-state index contributed by atoms with van der Waals surface area (Å²) >= 11 is 6.45. The fourth-order valence-electron chi connectivity index (χ4n) is 5.61. The summed E-state index contributed by atoms with van der Waals surface area (Å²) in [5.41, 5.74) is 0.963. The topological polar surface area (TPSA) is 86.3 Å². The maximum atomic E-state index is 13.9.